The van der Waals surface area contributed by atoms with E-state index in [9.17, 15) is 4.79 Å². The Morgan fingerprint density at radius 2 is 2.00 bits per heavy atom. The molecule has 4 nitrogen and oxygen atoms in total. The minimum Gasteiger partial charge on any atom is -0.459 e. The molecule has 0 spiro atoms. The Balaban J connectivity index is 2.50. The average molecular weight is 231 g/mol. The number of ether oxygens (including phenoxy) is 1. The SMILES string of the molecule is O=C(OC[C@@H](O)CO)c1ccc(Cl)cc1. The average Bonchev–Trinajstić information content (AvgIpc) is 2.26. The van der Waals surface area contributed by atoms with E-state index in [-0.39, 0.29) is 6.61 Å². The second kappa shape index (κ2) is 5.70. The topological polar surface area (TPSA) is 66.8 Å². The summed E-state index contributed by atoms with van der Waals surface area (Å²) >= 11 is 5.64. The first-order valence-electron chi connectivity index (χ1n) is 4.35. The Labute approximate surface area is 92.1 Å². The van der Waals surface area contributed by atoms with Crippen LogP contribution >= 0.6 is 11.6 Å². The summed E-state index contributed by atoms with van der Waals surface area (Å²) in [5.41, 5.74) is 0.351. The van der Waals surface area contributed by atoms with E-state index in [0.717, 1.165) is 0 Å². The number of rotatable bonds is 4. The predicted molar refractivity (Wildman–Crippen MR) is 54.8 cm³/mol. The van der Waals surface area contributed by atoms with Gasteiger partial charge in [-0.15, -0.1) is 0 Å². The highest BCUT2D eigenvalue weighted by molar-refractivity contribution is 6.30. The molecule has 1 rings (SSSR count). The van der Waals surface area contributed by atoms with Crippen LogP contribution in [0.4, 0.5) is 0 Å². The zero-order valence-electron chi connectivity index (χ0n) is 7.89. The van der Waals surface area contributed by atoms with Gasteiger partial charge in [0.1, 0.15) is 12.7 Å². The standard InChI is InChI=1S/C10H11ClO4/c11-8-3-1-7(2-4-8)10(14)15-6-9(13)5-12/h1-4,9,12-13H,5-6H2/t9-/m0/s1. The molecule has 5 heteroatoms. The molecule has 0 radical (unpaired) electrons. The van der Waals surface area contributed by atoms with Crippen LogP contribution in [-0.2, 0) is 4.74 Å². The zero-order chi connectivity index (χ0) is 11.3. The Morgan fingerprint density at radius 1 is 1.40 bits per heavy atom. The van der Waals surface area contributed by atoms with Crippen LogP contribution in [-0.4, -0.2) is 35.5 Å². The van der Waals surface area contributed by atoms with Gasteiger partial charge in [0.05, 0.1) is 12.2 Å². The summed E-state index contributed by atoms with van der Waals surface area (Å²) in [5, 5.41) is 18.0. The van der Waals surface area contributed by atoms with Crippen LogP contribution in [0.1, 0.15) is 10.4 Å². The van der Waals surface area contributed by atoms with Crippen molar-refractivity contribution in [2.45, 2.75) is 6.10 Å². The maximum Gasteiger partial charge on any atom is 0.338 e. The van der Waals surface area contributed by atoms with Crippen molar-refractivity contribution in [1.82, 2.24) is 0 Å². The van der Waals surface area contributed by atoms with Crippen molar-refractivity contribution in [3.63, 3.8) is 0 Å². The molecule has 0 aliphatic rings. The summed E-state index contributed by atoms with van der Waals surface area (Å²) in [6, 6.07) is 6.19. The zero-order valence-corrected chi connectivity index (χ0v) is 8.65. The molecule has 82 valence electrons. The third-order valence-electron chi connectivity index (χ3n) is 1.70. The van der Waals surface area contributed by atoms with Gasteiger partial charge in [-0.05, 0) is 24.3 Å². The lowest BCUT2D eigenvalue weighted by Crippen LogP contribution is -2.21. The molecule has 2 N–H and O–H groups in total. The van der Waals surface area contributed by atoms with Crippen LogP contribution in [0, 0.1) is 0 Å². The Morgan fingerprint density at radius 3 is 2.53 bits per heavy atom. The molecule has 15 heavy (non-hydrogen) atoms. The highest BCUT2D eigenvalue weighted by Gasteiger charge is 2.09. The molecule has 0 amide bonds. The molecule has 1 atom stereocenters. The summed E-state index contributed by atoms with van der Waals surface area (Å²) in [4.78, 5) is 11.3. The van der Waals surface area contributed by atoms with Crippen molar-refractivity contribution in [2.24, 2.45) is 0 Å². The van der Waals surface area contributed by atoms with Gasteiger partial charge in [0.15, 0.2) is 0 Å². The summed E-state index contributed by atoms with van der Waals surface area (Å²) in [6.45, 7) is -0.661. The molecule has 0 aliphatic carbocycles. The fraction of sp³-hybridized carbons (Fsp3) is 0.300. The van der Waals surface area contributed by atoms with Gasteiger partial charge in [-0.3, -0.25) is 0 Å². The van der Waals surface area contributed by atoms with Gasteiger partial charge in [-0.2, -0.15) is 0 Å². The summed E-state index contributed by atoms with van der Waals surface area (Å²) < 4.78 is 4.73. The van der Waals surface area contributed by atoms with Gasteiger partial charge >= 0.3 is 5.97 Å². The largest absolute Gasteiger partial charge is 0.459 e. The lowest BCUT2D eigenvalue weighted by Gasteiger charge is -2.08. The van der Waals surface area contributed by atoms with E-state index in [1.165, 1.54) is 12.1 Å². The Kier molecular flexibility index (Phi) is 4.55. The van der Waals surface area contributed by atoms with Crippen molar-refractivity contribution >= 4 is 17.6 Å². The van der Waals surface area contributed by atoms with Gasteiger partial charge in [0.2, 0.25) is 0 Å². The lowest BCUT2D eigenvalue weighted by atomic mass is 10.2. The maximum absolute atomic E-state index is 11.3. The van der Waals surface area contributed by atoms with Crippen LogP contribution in [0.2, 0.25) is 5.02 Å². The molecular formula is C10H11ClO4. The molecule has 0 aromatic heterocycles. The van der Waals surface area contributed by atoms with Gasteiger partial charge in [-0.25, -0.2) is 4.79 Å². The van der Waals surface area contributed by atoms with Crippen molar-refractivity contribution < 1.29 is 19.7 Å². The molecule has 0 bridgehead atoms. The summed E-state index contributed by atoms with van der Waals surface area (Å²) in [7, 11) is 0. The molecular weight excluding hydrogens is 220 g/mol. The van der Waals surface area contributed by atoms with E-state index in [2.05, 4.69) is 0 Å². The molecule has 0 saturated carbocycles. The fourth-order valence-electron chi connectivity index (χ4n) is 0.894. The highest BCUT2D eigenvalue weighted by atomic mass is 35.5. The smallest absolute Gasteiger partial charge is 0.338 e. The predicted octanol–water partition coefficient (Wildman–Crippen LogP) is 0.850. The van der Waals surface area contributed by atoms with Crippen LogP contribution in [0.15, 0.2) is 24.3 Å². The van der Waals surface area contributed by atoms with E-state index in [1.807, 2.05) is 0 Å². The molecule has 0 heterocycles. The lowest BCUT2D eigenvalue weighted by molar-refractivity contribution is 0.00933. The van der Waals surface area contributed by atoms with Gasteiger partial charge in [-0.1, -0.05) is 11.6 Å². The number of aliphatic hydroxyl groups is 2. The first-order chi connectivity index (χ1) is 7.13. The normalized spacial score (nSPS) is 12.2. The van der Waals surface area contributed by atoms with E-state index in [1.54, 1.807) is 12.1 Å². The third kappa shape index (κ3) is 3.87. The maximum atomic E-state index is 11.3. The number of halogens is 1. The van der Waals surface area contributed by atoms with Crippen molar-refractivity contribution in [1.29, 1.82) is 0 Å². The molecule has 0 fully saturated rings. The van der Waals surface area contributed by atoms with E-state index < -0.39 is 18.7 Å². The number of aliphatic hydroxyl groups excluding tert-OH is 2. The molecule has 0 aliphatic heterocycles. The van der Waals surface area contributed by atoms with Gasteiger partial charge < -0.3 is 14.9 Å². The number of benzene rings is 1. The summed E-state index contributed by atoms with van der Waals surface area (Å²) in [5.74, 6) is -0.556. The first kappa shape index (κ1) is 12.0. The Bertz CT molecular complexity index is 323. The van der Waals surface area contributed by atoms with Crippen LogP contribution < -0.4 is 0 Å². The minimum absolute atomic E-state index is 0.224. The highest BCUT2D eigenvalue weighted by Crippen LogP contribution is 2.10. The molecule has 1 aromatic rings. The van der Waals surface area contributed by atoms with Gasteiger partial charge in [0, 0.05) is 5.02 Å². The second-order valence-corrected chi connectivity index (χ2v) is 3.38. The Hall–Kier alpha value is -1.10. The number of hydrogen-bond acceptors (Lipinski definition) is 4. The van der Waals surface area contributed by atoms with Crippen molar-refractivity contribution in [3.05, 3.63) is 34.9 Å². The second-order valence-electron chi connectivity index (χ2n) is 2.94. The quantitative estimate of drug-likeness (QED) is 0.753. The molecule has 0 unspecified atom stereocenters. The van der Waals surface area contributed by atoms with Crippen LogP contribution in [0.25, 0.3) is 0 Å². The van der Waals surface area contributed by atoms with E-state index in [0.29, 0.717) is 10.6 Å². The van der Waals surface area contributed by atoms with Crippen molar-refractivity contribution in [2.75, 3.05) is 13.2 Å². The van der Waals surface area contributed by atoms with Gasteiger partial charge in [0.25, 0.3) is 0 Å². The molecule has 0 saturated heterocycles. The number of hydrogen-bond donors (Lipinski definition) is 2. The number of carbonyl (C=O) groups excluding carboxylic acids is 1. The van der Waals surface area contributed by atoms with E-state index in [4.69, 9.17) is 26.6 Å². The number of carbonyl (C=O) groups is 1. The van der Waals surface area contributed by atoms with Crippen LogP contribution in [0.3, 0.4) is 0 Å². The molecule has 1 aromatic carbocycles. The van der Waals surface area contributed by atoms with E-state index >= 15 is 0 Å². The monoisotopic (exact) mass is 230 g/mol. The third-order valence-corrected chi connectivity index (χ3v) is 1.95. The minimum atomic E-state index is -1.04. The first-order valence-corrected chi connectivity index (χ1v) is 4.73. The van der Waals surface area contributed by atoms with Crippen molar-refractivity contribution in [3.8, 4) is 0 Å². The van der Waals surface area contributed by atoms with Crippen LogP contribution in [0.5, 0.6) is 0 Å². The fourth-order valence-corrected chi connectivity index (χ4v) is 1.02. The number of esters is 1. The summed E-state index contributed by atoms with van der Waals surface area (Å²) in [6.07, 6.45) is -1.04.